The first-order valence-corrected chi connectivity index (χ1v) is 8.94. The Bertz CT molecular complexity index is 900. The van der Waals surface area contributed by atoms with E-state index in [4.69, 9.17) is 4.52 Å². The molecule has 4 rings (SSSR count). The number of nitrogens with zero attached hydrogens (tertiary/aromatic N) is 2. The van der Waals surface area contributed by atoms with E-state index in [1.54, 1.807) is 0 Å². The molecule has 5 heteroatoms. The lowest BCUT2D eigenvalue weighted by molar-refractivity contribution is -0.123. The van der Waals surface area contributed by atoms with Crippen LogP contribution in [0.25, 0.3) is 11.4 Å². The molecule has 0 aliphatic heterocycles. The molecule has 1 saturated carbocycles. The van der Waals surface area contributed by atoms with Crippen molar-refractivity contribution < 1.29 is 9.32 Å². The Balaban J connectivity index is 1.59. The fraction of sp³-hybridized carbons (Fsp3) is 0.286. The van der Waals surface area contributed by atoms with Crippen molar-refractivity contribution in [2.75, 3.05) is 0 Å². The Hall–Kier alpha value is -2.95. The van der Waals surface area contributed by atoms with Crippen molar-refractivity contribution in [1.82, 2.24) is 15.5 Å². The van der Waals surface area contributed by atoms with Crippen molar-refractivity contribution in [3.8, 4) is 11.4 Å². The van der Waals surface area contributed by atoms with Crippen LogP contribution < -0.4 is 5.32 Å². The summed E-state index contributed by atoms with van der Waals surface area (Å²) in [5.74, 6) is 1.19. The SMILES string of the molecule is Cc1cccc(-c2noc([C@H](Cc3ccccc3)NC(=O)C3CC3)n2)c1. The van der Waals surface area contributed by atoms with E-state index in [9.17, 15) is 4.79 Å². The minimum absolute atomic E-state index is 0.0706. The average Bonchev–Trinajstić information content (AvgIpc) is 3.39. The lowest BCUT2D eigenvalue weighted by Crippen LogP contribution is -2.31. The van der Waals surface area contributed by atoms with E-state index in [1.807, 2.05) is 61.5 Å². The van der Waals surface area contributed by atoms with Crippen LogP contribution in [0.5, 0.6) is 0 Å². The number of benzene rings is 2. The third kappa shape index (κ3) is 3.82. The van der Waals surface area contributed by atoms with Crippen molar-refractivity contribution >= 4 is 5.91 Å². The maximum atomic E-state index is 12.3. The molecule has 0 radical (unpaired) electrons. The van der Waals surface area contributed by atoms with E-state index in [1.165, 1.54) is 0 Å². The quantitative estimate of drug-likeness (QED) is 0.735. The topological polar surface area (TPSA) is 68.0 Å². The van der Waals surface area contributed by atoms with Gasteiger partial charge in [-0.15, -0.1) is 0 Å². The minimum atomic E-state index is -0.323. The molecule has 2 aromatic carbocycles. The molecule has 0 saturated heterocycles. The van der Waals surface area contributed by atoms with Gasteiger partial charge in [0.25, 0.3) is 0 Å². The highest BCUT2D eigenvalue weighted by Crippen LogP contribution is 2.30. The lowest BCUT2D eigenvalue weighted by Gasteiger charge is -2.15. The fourth-order valence-electron chi connectivity index (χ4n) is 2.96. The van der Waals surface area contributed by atoms with Crippen LogP contribution in [0.1, 0.15) is 35.9 Å². The summed E-state index contributed by atoms with van der Waals surface area (Å²) < 4.78 is 5.52. The van der Waals surface area contributed by atoms with Gasteiger partial charge in [-0.2, -0.15) is 4.98 Å². The largest absolute Gasteiger partial charge is 0.344 e. The summed E-state index contributed by atoms with van der Waals surface area (Å²) in [5.41, 5.74) is 3.16. The molecule has 1 heterocycles. The summed E-state index contributed by atoms with van der Waals surface area (Å²) in [4.78, 5) is 16.9. The monoisotopic (exact) mass is 347 g/mol. The average molecular weight is 347 g/mol. The van der Waals surface area contributed by atoms with Crippen LogP contribution >= 0.6 is 0 Å². The van der Waals surface area contributed by atoms with Crippen LogP contribution in [0.2, 0.25) is 0 Å². The van der Waals surface area contributed by atoms with Crippen LogP contribution in [-0.4, -0.2) is 16.0 Å². The molecular weight excluding hydrogens is 326 g/mol. The smallest absolute Gasteiger partial charge is 0.249 e. The molecule has 1 atom stereocenters. The van der Waals surface area contributed by atoms with Crippen LogP contribution in [0.4, 0.5) is 0 Å². The molecule has 1 fully saturated rings. The molecule has 1 aliphatic rings. The third-order valence-electron chi connectivity index (χ3n) is 4.56. The number of carbonyl (C=O) groups is 1. The molecule has 1 N–H and O–H groups in total. The number of nitrogens with one attached hydrogen (secondary N) is 1. The van der Waals surface area contributed by atoms with Crippen LogP contribution in [-0.2, 0) is 11.2 Å². The number of hydrogen-bond acceptors (Lipinski definition) is 4. The minimum Gasteiger partial charge on any atom is -0.344 e. The van der Waals surface area contributed by atoms with Gasteiger partial charge in [0.05, 0.1) is 0 Å². The van der Waals surface area contributed by atoms with E-state index in [0.29, 0.717) is 18.1 Å². The molecule has 0 unspecified atom stereocenters. The Morgan fingerprint density at radius 1 is 1.19 bits per heavy atom. The van der Waals surface area contributed by atoms with Crippen LogP contribution in [0, 0.1) is 12.8 Å². The standard InChI is InChI=1S/C21H21N3O2/c1-14-6-5-9-17(12-14)19-23-21(26-24-19)18(22-20(25)16-10-11-16)13-15-7-3-2-4-8-15/h2-9,12,16,18H,10-11,13H2,1H3,(H,22,25)/t18-/m0/s1. The molecule has 5 nitrogen and oxygen atoms in total. The van der Waals surface area contributed by atoms with Crippen molar-refractivity contribution in [2.45, 2.75) is 32.2 Å². The second kappa shape index (κ2) is 7.12. The second-order valence-corrected chi connectivity index (χ2v) is 6.85. The van der Waals surface area contributed by atoms with E-state index >= 15 is 0 Å². The van der Waals surface area contributed by atoms with Gasteiger partial charge in [-0.25, -0.2) is 0 Å². The molecule has 26 heavy (non-hydrogen) atoms. The third-order valence-corrected chi connectivity index (χ3v) is 4.56. The van der Waals surface area contributed by atoms with Crippen LogP contribution in [0.3, 0.4) is 0 Å². The highest BCUT2D eigenvalue weighted by Gasteiger charge is 2.32. The Kier molecular flexibility index (Phi) is 4.52. The molecule has 3 aromatic rings. The number of aromatic nitrogens is 2. The van der Waals surface area contributed by atoms with Gasteiger partial charge in [0.15, 0.2) is 0 Å². The highest BCUT2D eigenvalue weighted by atomic mass is 16.5. The number of carbonyl (C=O) groups excluding carboxylic acids is 1. The predicted octanol–water partition coefficient (Wildman–Crippen LogP) is 3.86. The summed E-state index contributed by atoms with van der Waals surface area (Å²) >= 11 is 0. The summed E-state index contributed by atoms with van der Waals surface area (Å²) in [7, 11) is 0. The predicted molar refractivity (Wildman–Crippen MR) is 98.2 cm³/mol. The maximum absolute atomic E-state index is 12.3. The molecule has 1 aliphatic carbocycles. The van der Waals surface area contributed by atoms with E-state index in [-0.39, 0.29) is 17.9 Å². The normalized spacial score (nSPS) is 14.8. The van der Waals surface area contributed by atoms with Gasteiger partial charge < -0.3 is 9.84 Å². The highest BCUT2D eigenvalue weighted by molar-refractivity contribution is 5.81. The van der Waals surface area contributed by atoms with Gasteiger partial charge in [-0.05, 0) is 31.4 Å². The molecule has 132 valence electrons. The molecule has 0 bridgehead atoms. The Morgan fingerprint density at radius 3 is 2.73 bits per heavy atom. The molecule has 1 amide bonds. The van der Waals surface area contributed by atoms with E-state index in [2.05, 4.69) is 15.5 Å². The Morgan fingerprint density at radius 2 is 2.00 bits per heavy atom. The maximum Gasteiger partial charge on any atom is 0.249 e. The summed E-state index contributed by atoms with van der Waals surface area (Å²) in [6, 6.07) is 17.7. The van der Waals surface area contributed by atoms with Crippen molar-refractivity contribution in [3.05, 3.63) is 71.6 Å². The molecule has 1 aromatic heterocycles. The number of rotatable bonds is 6. The zero-order chi connectivity index (χ0) is 17.9. The van der Waals surface area contributed by atoms with Gasteiger partial charge >= 0.3 is 0 Å². The van der Waals surface area contributed by atoms with Crippen LogP contribution in [0.15, 0.2) is 59.1 Å². The molecular formula is C21H21N3O2. The lowest BCUT2D eigenvalue weighted by atomic mass is 10.1. The summed E-state index contributed by atoms with van der Waals surface area (Å²) in [6.45, 7) is 2.03. The van der Waals surface area contributed by atoms with Crippen molar-refractivity contribution in [1.29, 1.82) is 0 Å². The first kappa shape index (κ1) is 16.5. The zero-order valence-electron chi connectivity index (χ0n) is 14.7. The van der Waals surface area contributed by atoms with E-state index < -0.39 is 0 Å². The number of amides is 1. The van der Waals surface area contributed by atoms with Crippen molar-refractivity contribution in [2.24, 2.45) is 5.92 Å². The molecule has 0 spiro atoms. The summed E-state index contributed by atoms with van der Waals surface area (Å²) in [5, 5.41) is 7.21. The second-order valence-electron chi connectivity index (χ2n) is 6.85. The van der Waals surface area contributed by atoms with E-state index in [0.717, 1.165) is 29.5 Å². The first-order valence-electron chi connectivity index (χ1n) is 8.94. The number of aryl methyl sites for hydroxylation is 1. The Labute approximate surface area is 152 Å². The van der Waals surface area contributed by atoms with Crippen molar-refractivity contribution in [3.63, 3.8) is 0 Å². The van der Waals surface area contributed by atoms with Gasteiger partial charge in [0.2, 0.25) is 17.6 Å². The first-order chi connectivity index (χ1) is 12.7. The number of hydrogen-bond donors (Lipinski definition) is 1. The fourth-order valence-corrected chi connectivity index (χ4v) is 2.96. The summed E-state index contributed by atoms with van der Waals surface area (Å²) in [6.07, 6.45) is 2.54. The van der Waals surface area contributed by atoms with Gasteiger partial charge in [0, 0.05) is 17.9 Å². The van der Waals surface area contributed by atoms with Gasteiger partial charge in [-0.3, -0.25) is 4.79 Å². The van der Waals surface area contributed by atoms with Gasteiger partial charge in [-0.1, -0.05) is 59.3 Å². The zero-order valence-corrected chi connectivity index (χ0v) is 14.7. The van der Waals surface area contributed by atoms with Gasteiger partial charge in [0.1, 0.15) is 6.04 Å².